The third kappa shape index (κ3) is 5.83. The SMILES string of the molecule is Cc1ccc(NC(=O)NC(=O)CSc2nnc(NCc3ccco3)s2)cc1C. The summed E-state index contributed by atoms with van der Waals surface area (Å²) in [5.41, 5.74) is 2.83. The summed E-state index contributed by atoms with van der Waals surface area (Å²) in [5, 5.41) is 16.7. The highest BCUT2D eigenvalue weighted by Gasteiger charge is 2.11. The maximum atomic E-state index is 12.0. The molecule has 8 nitrogen and oxygen atoms in total. The lowest BCUT2D eigenvalue weighted by atomic mass is 10.1. The molecule has 1 aromatic carbocycles. The number of rotatable bonds is 7. The number of hydrogen-bond donors (Lipinski definition) is 3. The molecule has 0 aliphatic carbocycles. The van der Waals surface area contributed by atoms with Gasteiger partial charge in [0.1, 0.15) is 5.76 Å². The molecule has 3 aromatic rings. The lowest BCUT2D eigenvalue weighted by Gasteiger charge is -2.08. The van der Waals surface area contributed by atoms with Crippen LogP contribution in [0.1, 0.15) is 16.9 Å². The fourth-order valence-corrected chi connectivity index (χ4v) is 3.73. The van der Waals surface area contributed by atoms with Gasteiger partial charge in [0.05, 0.1) is 18.6 Å². The molecule has 146 valence electrons. The van der Waals surface area contributed by atoms with Crippen LogP contribution in [-0.4, -0.2) is 27.9 Å². The molecular weight excluding hydrogens is 398 g/mol. The average Bonchev–Trinajstić information content (AvgIpc) is 3.33. The molecule has 3 rings (SSSR count). The molecule has 0 radical (unpaired) electrons. The number of thioether (sulfide) groups is 1. The van der Waals surface area contributed by atoms with Gasteiger partial charge in [-0.2, -0.15) is 0 Å². The predicted octanol–water partition coefficient (Wildman–Crippen LogP) is 3.80. The van der Waals surface area contributed by atoms with E-state index < -0.39 is 11.9 Å². The van der Waals surface area contributed by atoms with Crippen LogP contribution in [0.15, 0.2) is 45.4 Å². The third-order valence-electron chi connectivity index (χ3n) is 3.74. The maximum absolute atomic E-state index is 12.0. The number of aryl methyl sites for hydroxylation is 2. The number of amides is 3. The summed E-state index contributed by atoms with van der Waals surface area (Å²) in [6, 6.07) is 8.67. The van der Waals surface area contributed by atoms with Crippen molar-refractivity contribution in [1.82, 2.24) is 15.5 Å². The normalized spacial score (nSPS) is 10.5. The summed E-state index contributed by atoms with van der Waals surface area (Å²) < 4.78 is 5.86. The summed E-state index contributed by atoms with van der Waals surface area (Å²) in [6.45, 7) is 4.46. The second-order valence-corrected chi connectivity index (χ2v) is 8.10. The lowest BCUT2D eigenvalue weighted by Crippen LogP contribution is -2.35. The highest BCUT2D eigenvalue weighted by atomic mass is 32.2. The number of anilines is 2. The van der Waals surface area contributed by atoms with E-state index in [0.29, 0.717) is 21.7 Å². The minimum absolute atomic E-state index is 0.0627. The molecule has 3 N–H and O–H groups in total. The average molecular weight is 418 g/mol. The smallest absolute Gasteiger partial charge is 0.325 e. The van der Waals surface area contributed by atoms with Crippen molar-refractivity contribution in [3.63, 3.8) is 0 Å². The van der Waals surface area contributed by atoms with Crippen LogP contribution < -0.4 is 16.0 Å². The second kappa shape index (κ2) is 9.38. The number of hydrogen-bond acceptors (Lipinski definition) is 8. The van der Waals surface area contributed by atoms with Gasteiger partial charge in [0.25, 0.3) is 0 Å². The lowest BCUT2D eigenvalue weighted by molar-refractivity contribution is -0.117. The van der Waals surface area contributed by atoms with Crippen LogP contribution in [0.4, 0.5) is 15.6 Å². The fourth-order valence-electron chi connectivity index (χ4n) is 2.19. The largest absolute Gasteiger partial charge is 0.467 e. The van der Waals surface area contributed by atoms with E-state index in [1.807, 2.05) is 38.1 Å². The van der Waals surface area contributed by atoms with Crippen LogP contribution in [0.25, 0.3) is 0 Å². The Bertz CT molecular complexity index is 956. The number of aromatic nitrogens is 2. The monoisotopic (exact) mass is 417 g/mol. The van der Waals surface area contributed by atoms with Gasteiger partial charge in [0, 0.05) is 5.69 Å². The van der Waals surface area contributed by atoms with Crippen molar-refractivity contribution >= 4 is 45.9 Å². The van der Waals surface area contributed by atoms with Crippen LogP contribution in [0.2, 0.25) is 0 Å². The summed E-state index contributed by atoms with van der Waals surface area (Å²) in [7, 11) is 0. The van der Waals surface area contributed by atoms with Gasteiger partial charge < -0.3 is 15.1 Å². The number of furan rings is 1. The quantitative estimate of drug-likeness (QED) is 0.502. The first-order valence-corrected chi connectivity index (χ1v) is 10.2. The predicted molar refractivity (Wildman–Crippen MR) is 110 cm³/mol. The molecule has 0 fully saturated rings. The van der Waals surface area contributed by atoms with Gasteiger partial charge >= 0.3 is 6.03 Å². The van der Waals surface area contributed by atoms with Crippen molar-refractivity contribution in [2.75, 3.05) is 16.4 Å². The van der Waals surface area contributed by atoms with Crippen molar-refractivity contribution in [2.45, 2.75) is 24.7 Å². The summed E-state index contributed by atoms with van der Waals surface area (Å²) in [5.74, 6) is 0.442. The van der Waals surface area contributed by atoms with Gasteiger partial charge in [-0.15, -0.1) is 10.2 Å². The number of carbonyl (C=O) groups is 2. The molecule has 0 bridgehead atoms. The van der Waals surface area contributed by atoms with Crippen molar-refractivity contribution < 1.29 is 14.0 Å². The Labute approximate surface area is 170 Å². The van der Waals surface area contributed by atoms with Crippen molar-refractivity contribution in [3.05, 3.63) is 53.5 Å². The number of urea groups is 1. The van der Waals surface area contributed by atoms with E-state index >= 15 is 0 Å². The molecule has 0 atom stereocenters. The summed E-state index contributed by atoms with van der Waals surface area (Å²) in [6.07, 6.45) is 1.60. The first-order valence-electron chi connectivity index (χ1n) is 8.40. The van der Waals surface area contributed by atoms with Crippen molar-refractivity contribution in [1.29, 1.82) is 0 Å². The van der Waals surface area contributed by atoms with E-state index in [-0.39, 0.29) is 5.75 Å². The first kappa shape index (κ1) is 19.9. The number of benzene rings is 1. The second-order valence-electron chi connectivity index (χ2n) is 5.90. The van der Waals surface area contributed by atoms with Crippen LogP contribution in [-0.2, 0) is 11.3 Å². The van der Waals surface area contributed by atoms with Gasteiger partial charge in [0.15, 0.2) is 4.34 Å². The molecule has 2 aromatic heterocycles. The van der Waals surface area contributed by atoms with E-state index in [9.17, 15) is 9.59 Å². The third-order valence-corrected chi connectivity index (χ3v) is 5.76. The van der Waals surface area contributed by atoms with Crippen LogP contribution >= 0.6 is 23.1 Å². The van der Waals surface area contributed by atoms with Gasteiger partial charge in [-0.25, -0.2) is 4.79 Å². The van der Waals surface area contributed by atoms with Gasteiger partial charge in [-0.3, -0.25) is 10.1 Å². The zero-order chi connectivity index (χ0) is 19.9. The van der Waals surface area contributed by atoms with Gasteiger partial charge in [-0.1, -0.05) is 29.2 Å². The van der Waals surface area contributed by atoms with Crippen molar-refractivity contribution in [2.24, 2.45) is 0 Å². The minimum Gasteiger partial charge on any atom is -0.467 e. The van der Waals surface area contributed by atoms with Gasteiger partial charge in [-0.05, 0) is 49.2 Å². The van der Waals surface area contributed by atoms with Gasteiger partial charge in [0.2, 0.25) is 11.0 Å². The van der Waals surface area contributed by atoms with Crippen LogP contribution in [0.3, 0.4) is 0 Å². The minimum atomic E-state index is -0.563. The molecule has 0 saturated carbocycles. The first-order chi connectivity index (χ1) is 13.5. The van der Waals surface area contributed by atoms with Crippen LogP contribution in [0, 0.1) is 13.8 Å². The Hall–Kier alpha value is -2.85. The Morgan fingerprint density at radius 2 is 2.04 bits per heavy atom. The Morgan fingerprint density at radius 3 is 2.79 bits per heavy atom. The van der Waals surface area contributed by atoms with E-state index in [2.05, 4.69) is 26.1 Å². The Morgan fingerprint density at radius 1 is 1.18 bits per heavy atom. The number of nitrogens with zero attached hydrogens (tertiary/aromatic N) is 2. The number of imide groups is 1. The molecule has 3 amide bonds. The zero-order valence-electron chi connectivity index (χ0n) is 15.3. The standard InChI is InChI=1S/C18H19N5O3S2/c1-11-5-6-13(8-12(11)2)20-16(25)21-15(24)10-27-18-23-22-17(28-18)19-9-14-4-3-7-26-14/h3-8H,9-10H2,1-2H3,(H,19,22)(H2,20,21,24,25). The maximum Gasteiger partial charge on any atom is 0.325 e. The summed E-state index contributed by atoms with van der Waals surface area (Å²) >= 11 is 2.54. The van der Waals surface area contributed by atoms with E-state index in [0.717, 1.165) is 16.9 Å². The Balaban J connectivity index is 1.41. The molecule has 10 heteroatoms. The molecule has 0 aliphatic heterocycles. The Kier molecular flexibility index (Phi) is 6.66. The number of nitrogens with one attached hydrogen (secondary N) is 3. The highest BCUT2D eigenvalue weighted by molar-refractivity contribution is 8.01. The van der Waals surface area contributed by atoms with E-state index in [1.165, 1.54) is 23.1 Å². The summed E-state index contributed by atoms with van der Waals surface area (Å²) in [4.78, 5) is 23.9. The molecule has 28 heavy (non-hydrogen) atoms. The topological polar surface area (TPSA) is 109 Å². The van der Waals surface area contributed by atoms with E-state index in [4.69, 9.17) is 4.42 Å². The molecule has 0 aliphatic rings. The van der Waals surface area contributed by atoms with Crippen molar-refractivity contribution in [3.8, 4) is 0 Å². The fraction of sp³-hybridized carbons (Fsp3) is 0.222. The molecule has 0 unspecified atom stereocenters. The number of carbonyl (C=O) groups excluding carboxylic acids is 2. The molecule has 0 spiro atoms. The molecule has 0 saturated heterocycles. The van der Waals surface area contributed by atoms with E-state index in [1.54, 1.807) is 12.3 Å². The highest BCUT2D eigenvalue weighted by Crippen LogP contribution is 2.25. The molecular formula is C18H19N5O3S2. The zero-order valence-corrected chi connectivity index (χ0v) is 16.9. The van der Waals surface area contributed by atoms with Crippen LogP contribution in [0.5, 0.6) is 0 Å². The molecule has 2 heterocycles.